The van der Waals surface area contributed by atoms with Crippen LogP contribution in [-0.4, -0.2) is 13.5 Å². The molecule has 0 bridgehead atoms. The highest BCUT2D eigenvalue weighted by Crippen LogP contribution is 2.21. The van der Waals surface area contributed by atoms with Crippen molar-refractivity contribution < 1.29 is 17.9 Å². The van der Waals surface area contributed by atoms with Crippen LogP contribution in [0.5, 0.6) is 0 Å². The number of anilines is 1. The number of aliphatic hydroxyl groups is 1. The molecule has 1 unspecified atom stereocenters. The number of halogens is 1. The number of benzene rings is 2. The minimum Gasteiger partial charge on any atom is -0.389 e. The predicted octanol–water partition coefficient (Wildman–Crippen LogP) is 2.99. The van der Waals surface area contributed by atoms with Crippen molar-refractivity contribution >= 4 is 15.7 Å². The highest BCUT2D eigenvalue weighted by atomic mass is 32.2. The molecule has 0 aromatic heterocycles. The molecule has 0 fully saturated rings. The van der Waals surface area contributed by atoms with Gasteiger partial charge in [0, 0.05) is 5.69 Å². The van der Waals surface area contributed by atoms with Crippen LogP contribution in [-0.2, 0) is 10.0 Å². The first-order valence-electron chi connectivity index (χ1n) is 6.36. The van der Waals surface area contributed by atoms with E-state index in [1.165, 1.54) is 19.1 Å². The summed E-state index contributed by atoms with van der Waals surface area (Å²) < 4.78 is 40.0. The van der Waals surface area contributed by atoms with Crippen LogP contribution in [0, 0.1) is 12.7 Å². The molecule has 0 saturated carbocycles. The van der Waals surface area contributed by atoms with Gasteiger partial charge in [-0.05, 0) is 55.3 Å². The lowest BCUT2D eigenvalue weighted by Gasteiger charge is -2.11. The molecule has 0 aliphatic rings. The Kier molecular flexibility index (Phi) is 4.29. The Morgan fingerprint density at radius 3 is 2.29 bits per heavy atom. The molecule has 0 aliphatic carbocycles. The molecule has 0 radical (unpaired) electrons. The molecular formula is C15H16FNO3S. The Morgan fingerprint density at radius 1 is 1.14 bits per heavy atom. The van der Waals surface area contributed by atoms with E-state index in [0.29, 0.717) is 16.8 Å². The maximum atomic E-state index is 13.0. The van der Waals surface area contributed by atoms with E-state index in [1.54, 1.807) is 31.2 Å². The second-order valence-corrected chi connectivity index (χ2v) is 6.46. The van der Waals surface area contributed by atoms with Gasteiger partial charge in [-0.1, -0.05) is 12.1 Å². The molecule has 2 rings (SSSR count). The number of hydrogen-bond acceptors (Lipinski definition) is 3. The van der Waals surface area contributed by atoms with Crippen molar-refractivity contribution in [1.29, 1.82) is 0 Å². The third-order valence-electron chi connectivity index (χ3n) is 3.07. The molecule has 0 spiro atoms. The molecule has 2 aromatic rings. The van der Waals surface area contributed by atoms with E-state index in [4.69, 9.17) is 0 Å². The van der Waals surface area contributed by atoms with Crippen LogP contribution in [0.2, 0.25) is 0 Å². The van der Waals surface area contributed by atoms with Crippen LogP contribution in [0.1, 0.15) is 24.2 Å². The summed E-state index contributed by atoms with van der Waals surface area (Å²) in [5, 5.41) is 9.41. The van der Waals surface area contributed by atoms with Gasteiger partial charge in [-0.2, -0.15) is 0 Å². The first-order valence-corrected chi connectivity index (χ1v) is 7.85. The molecule has 2 N–H and O–H groups in total. The summed E-state index contributed by atoms with van der Waals surface area (Å²) in [7, 11) is -3.77. The zero-order valence-electron chi connectivity index (χ0n) is 11.7. The SMILES string of the molecule is Cc1cc(F)ccc1S(=O)(=O)Nc1ccc(C(C)O)cc1. The molecular weight excluding hydrogens is 293 g/mol. The largest absolute Gasteiger partial charge is 0.389 e. The third kappa shape index (κ3) is 3.59. The van der Waals surface area contributed by atoms with Crippen LogP contribution in [0.4, 0.5) is 10.1 Å². The summed E-state index contributed by atoms with van der Waals surface area (Å²) in [6.07, 6.45) is -0.616. The summed E-state index contributed by atoms with van der Waals surface area (Å²) in [4.78, 5) is 0.0310. The summed E-state index contributed by atoms with van der Waals surface area (Å²) in [5.41, 5.74) is 1.40. The quantitative estimate of drug-likeness (QED) is 0.912. The van der Waals surface area contributed by atoms with Gasteiger partial charge in [-0.15, -0.1) is 0 Å². The van der Waals surface area contributed by atoms with Crippen molar-refractivity contribution in [2.24, 2.45) is 0 Å². The first kappa shape index (κ1) is 15.5. The number of sulfonamides is 1. The molecule has 6 heteroatoms. The summed E-state index contributed by atoms with van der Waals surface area (Å²) in [6, 6.07) is 9.93. The predicted molar refractivity (Wildman–Crippen MR) is 79.0 cm³/mol. The summed E-state index contributed by atoms with van der Waals surface area (Å²) in [6.45, 7) is 3.16. The topological polar surface area (TPSA) is 66.4 Å². The normalized spacial score (nSPS) is 13.0. The maximum absolute atomic E-state index is 13.0. The van der Waals surface area contributed by atoms with Crippen molar-refractivity contribution in [3.8, 4) is 0 Å². The van der Waals surface area contributed by atoms with Gasteiger partial charge in [0.1, 0.15) is 5.82 Å². The Balaban J connectivity index is 2.28. The molecule has 2 aromatic carbocycles. The number of aliphatic hydroxyl groups excluding tert-OH is 1. The van der Waals surface area contributed by atoms with Gasteiger partial charge in [0.25, 0.3) is 10.0 Å². The van der Waals surface area contributed by atoms with E-state index in [-0.39, 0.29) is 4.90 Å². The standard InChI is InChI=1S/C15H16FNO3S/c1-10-9-13(16)5-8-15(10)21(19,20)17-14-6-3-12(4-7-14)11(2)18/h3-9,11,17-18H,1-2H3. The molecule has 0 heterocycles. The molecule has 21 heavy (non-hydrogen) atoms. The van der Waals surface area contributed by atoms with Gasteiger partial charge in [0.2, 0.25) is 0 Å². The molecule has 0 saturated heterocycles. The minimum atomic E-state index is -3.77. The van der Waals surface area contributed by atoms with Crippen LogP contribution < -0.4 is 4.72 Å². The number of hydrogen-bond donors (Lipinski definition) is 2. The van der Waals surface area contributed by atoms with E-state index in [1.807, 2.05) is 0 Å². The van der Waals surface area contributed by atoms with Crippen molar-refractivity contribution in [1.82, 2.24) is 0 Å². The Labute approximate surface area is 123 Å². The zero-order chi connectivity index (χ0) is 15.6. The number of aryl methyl sites for hydroxylation is 1. The molecule has 4 nitrogen and oxygen atoms in total. The Bertz CT molecular complexity index is 740. The van der Waals surface area contributed by atoms with Gasteiger partial charge in [0.05, 0.1) is 11.0 Å². The molecule has 112 valence electrons. The van der Waals surface area contributed by atoms with Crippen LogP contribution >= 0.6 is 0 Å². The molecule has 1 atom stereocenters. The zero-order valence-corrected chi connectivity index (χ0v) is 12.5. The van der Waals surface area contributed by atoms with Gasteiger partial charge >= 0.3 is 0 Å². The average Bonchev–Trinajstić information content (AvgIpc) is 2.38. The van der Waals surface area contributed by atoms with Crippen molar-refractivity contribution in [2.75, 3.05) is 4.72 Å². The smallest absolute Gasteiger partial charge is 0.262 e. The summed E-state index contributed by atoms with van der Waals surface area (Å²) >= 11 is 0. The summed E-state index contributed by atoms with van der Waals surface area (Å²) in [5.74, 6) is -0.479. The average molecular weight is 309 g/mol. The van der Waals surface area contributed by atoms with Crippen LogP contribution in [0.25, 0.3) is 0 Å². The van der Waals surface area contributed by atoms with Crippen molar-refractivity contribution in [3.05, 3.63) is 59.4 Å². The fraction of sp³-hybridized carbons (Fsp3) is 0.200. The number of rotatable bonds is 4. The lowest BCUT2D eigenvalue weighted by molar-refractivity contribution is 0.199. The fourth-order valence-electron chi connectivity index (χ4n) is 1.95. The van der Waals surface area contributed by atoms with Gasteiger partial charge in [-0.25, -0.2) is 12.8 Å². The van der Waals surface area contributed by atoms with Crippen LogP contribution in [0.15, 0.2) is 47.4 Å². The Morgan fingerprint density at radius 2 is 1.76 bits per heavy atom. The molecule has 0 amide bonds. The monoisotopic (exact) mass is 309 g/mol. The van der Waals surface area contributed by atoms with Gasteiger partial charge in [-0.3, -0.25) is 4.72 Å². The van der Waals surface area contributed by atoms with E-state index < -0.39 is 21.9 Å². The van der Waals surface area contributed by atoms with Crippen molar-refractivity contribution in [2.45, 2.75) is 24.8 Å². The lowest BCUT2D eigenvalue weighted by Crippen LogP contribution is -2.14. The second kappa shape index (κ2) is 5.83. The Hall–Kier alpha value is -1.92. The highest BCUT2D eigenvalue weighted by molar-refractivity contribution is 7.92. The van der Waals surface area contributed by atoms with Gasteiger partial charge < -0.3 is 5.11 Å². The maximum Gasteiger partial charge on any atom is 0.262 e. The number of nitrogens with one attached hydrogen (secondary N) is 1. The minimum absolute atomic E-state index is 0.0310. The van der Waals surface area contributed by atoms with Crippen molar-refractivity contribution in [3.63, 3.8) is 0 Å². The fourth-order valence-corrected chi connectivity index (χ4v) is 3.24. The molecule has 0 aliphatic heterocycles. The van der Waals surface area contributed by atoms with E-state index in [9.17, 15) is 17.9 Å². The first-order chi connectivity index (χ1) is 9.79. The van der Waals surface area contributed by atoms with E-state index in [2.05, 4.69) is 4.72 Å². The van der Waals surface area contributed by atoms with Gasteiger partial charge in [0.15, 0.2) is 0 Å². The van der Waals surface area contributed by atoms with E-state index in [0.717, 1.165) is 6.07 Å². The van der Waals surface area contributed by atoms with Crippen LogP contribution in [0.3, 0.4) is 0 Å². The van der Waals surface area contributed by atoms with E-state index >= 15 is 0 Å². The highest BCUT2D eigenvalue weighted by Gasteiger charge is 2.17. The third-order valence-corrected chi connectivity index (χ3v) is 4.61. The lowest BCUT2D eigenvalue weighted by atomic mass is 10.1. The second-order valence-electron chi connectivity index (χ2n) is 4.81.